The molecule has 0 radical (unpaired) electrons. The van der Waals surface area contributed by atoms with E-state index in [4.69, 9.17) is 11.6 Å². The van der Waals surface area contributed by atoms with Gasteiger partial charge in [-0.3, -0.25) is 14.4 Å². The Kier molecular flexibility index (Phi) is 7.39. The zero-order valence-corrected chi connectivity index (χ0v) is 20.2. The van der Waals surface area contributed by atoms with E-state index in [0.29, 0.717) is 23.1 Å². The molecule has 0 aliphatic carbocycles. The monoisotopic (exact) mass is 539 g/mol. The van der Waals surface area contributed by atoms with E-state index in [1.165, 1.54) is 17.0 Å². The molecule has 1 fully saturated rings. The number of halogens is 5. The van der Waals surface area contributed by atoms with Crippen molar-refractivity contribution in [3.8, 4) is 0 Å². The predicted molar refractivity (Wildman–Crippen MR) is 125 cm³/mol. The Morgan fingerprint density at radius 3 is 2.68 bits per heavy atom. The molecular formula is C24H22ClF4N5O3. The number of aromatic nitrogens is 2. The van der Waals surface area contributed by atoms with Gasteiger partial charge < -0.3 is 19.9 Å². The number of nitrogens with one attached hydrogen (secondary N) is 2. The molecule has 196 valence electrons. The Hall–Kier alpha value is -3.67. The van der Waals surface area contributed by atoms with Crippen LogP contribution in [-0.2, 0) is 9.59 Å². The molecule has 13 heteroatoms. The molecule has 4 rings (SSSR count). The minimum absolute atomic E-state index is 0.0154. The quantitative estimate of drug-likeness (QED) is 0.486. The van der Waals surface area contributed by atoms with Crippen molar-refractivity contribution in [3.63, 3.8) is 0 Å². The summed E-state index contributed by atoms with van der Waals surface area (Å²) in [6.07, 6.45) is -0.0241. The predicted octanol–water partition coefficient (Wildman–Crippen LogP) is 3.31. The highest BCUT2D eigenvalue weighted by atomic mass is 35.5. The van der Waals surface area contributed by atoms with Gasteiger partial charge in [-0.25, -0.2) is 9.37 Å². The lowest BCUT2D eigenvalue weighted by atomic mass is 9.84. The number of hydrogen-bond donors (Lipinski definition) is 2. The first-order chi connectivity index (χ1) is 17.4. The highest BCUT2D eigenvalue weighted by Crippen LogP contribution is 2.32. The Morgan fingerprint density at radius 2 is 1.97 bits per heavy atom. The van der Waals surface area contributed by atoms with Crippen LogP contribution in [0.4, 0.5) is 17.6 Å². The number of imidazole rings is 1. The molecule has 1 aromatic carbocycles. The third kappa shape index (κ3) is 5.85. The van der Waals surface area contributed by atoms with Gasteiger partial charge in [0.15, 0.2) is 0 Å². The lowest BCUT2D eigenvalue weighted by Gasteiger charge is -2.39. The fraction of sp³-hybridized carbons (Fsp3) is 0.333. The minimum Gasteiger partial charge on any atom is -0.349 e. The summed E-state index contributed by atoms with van der Waals surface area (Å²) in [6, 6.07) is 4.92. The van der Waals surface area contributed by atoms with Gasteiger partial charge in [0.25, 0.3) is 5.91 Å². The van der Waals surface area contributed by atoms with E-state index in [0.717, 1.165) is 13.0 Å². The van der Waals surface area contributed by atoms with Crippen LogP contribution in [0.1, 0.15) is 35.2 Å². The van der Waals surface area contributed by atoms with Gasteiger partial charge in [0.1, 0.15) is 11.9 Å². The van der Waals surface area contributed by atoms with Gasteiger partial charge in [0.2, 0.25) is 5.91 Å². The van der Waals surface area contributed by atoms with Crippen molar-refractivity contribution in [1.29, 1.82) is 0 Å². The Morgan fingerprint density at radius 1 is 1.22 bits per heavy atom. The van der Waals surface area contributed by atoms with E-state index in [-0.39, 0.29) is 24.0 Å². The second-order valence-electron chi connectivity index (χ2n) is 8.77. The third-order valence-corrected chi connectivity index (χ3v) is 6.44. The first-order valence-electron chi connectivity index (χ1n) is 11.3. The highest BCUT2D eigenvalue weighted by Gasteiger charge is 2.41. The number of nitrogens with zero attached hydrogens (tertiary/aromatic N) is 3. The van der Waals surface area contributed by atoms with Crippen LogP contribution in [0.25, 0.3) is 5.52 Å². The number of carbonyl (C=O) groups is 3. The van der Waals surface area contributed by atoms with Crippen LogP contribution < -0.4 is 10.6 Å². The number of fused-ring (bicyclic) bond motifs is 1. The standard InChI is InChI=1S/C24H22ClF4N5O3/c1-13(31-23(37)24(27,28)29)21(35)32-19-11-33(6-4-17(19)14-7-15(25)9-16(26)8-14)22(36)18-3-2-5-34-12-30-10-20(18)34/h2-3,5,7-10,12-13,17,19H,4,6,11H2,1H3,(H,31,37)(H,32,35)/t13-,17+,19-/m1/s1. The maximum Gasteiger partial charge on any atom is 0.471 e. The van der Waals surface area contributed by atoms with Gasteiger partial charge in [-0.2, -0.15) is 13.2 Å². The maximum absolute atomic E-state index is 14.1. The number of benzene rings is 1. The van der Waals surface area contributed by atoms with E-state index in [9.17, 15) is 31.9 Å². The molecule has 37 heavy (non-hydrogen) atoms. The van der Waals surface area contributed by atoms with Crippen molar-refractivity contribution in [1.82, 2.24) is 24.9 Å². The molecule has 0 spiro atoms. The van der Waals surface area contributed by atoms with Crippen molar-refractivity contribution >= 4 is 34.8 Å². The molecular weight excluding hydrogens is 518 g/mol. The number of hydrogen-bond acceptors (Lipinski definition) is 4. The Labute approximate surface area is 213 Å². The van der Waals surface area contributed by atoms with Crippen LogP contribution in [0.2, 0.25) is 5.02 Å². The smallest absolute Gasteiger partial charge is 0.349 e. The van der Waals surface area contributed by atoms with Crippen molar-refractivity contribution < 1.29 is 31.9 Å². The number of carbonyl (C=O) groups excluding carboxylic acids is 3. The molecule has 0 bridgehead atoms. The van der Waals surface area contributed by atoms with Crippen LogP contribution >= 0.6 is 11.6 Å². The molecule has 0 unspecified atom stereocenters. The van der Waals surface area contributed by atoms with Crippen molar-refractivity contribution in [2.45, 2.75) is 37.5 Å². The van der Waals surface area contributed by atoms with E-state index >= 15 is 0 Å². The largest absolute Gasteiger partial charge is 0.471 e. The number of rotatable bonds is 5. The van der Waals surface area contributed by atoms with Crippen LogP contribution in [0.3, 0.4) is 0 Å². The van der Waals surface area contributed by atoms with E-state index in [2.05, 4.69) is 10.3 Å². The summed E-state index contributed by atoms with van der Waals surface area (Å²) in [5.74, 6) is -4.57. The number of pyridine rings is 1. The van der Waals surface area contributed by atoms with Gasteiger partial charge in [0.05, 0.1) is 29.6 Å². The van der Waals surface area contributed by atoms with E-state index < -0.39 is 41.8 Å². The summed E-state index contributed by atoms with van der Waals surface area (Å²) >= 11 is 6.02. The second-order valence-corrected chi connectivity index (χ2v) is 9.20. The summed E-state index contributed by atoms with van der Waals surface area (Å²) < 4.78 is 53.7. The molecule has 2 N–H and O–H groups in total. The first-order valence-corrected chi connectivity index (χ1v) is 11.7. The first kappa shape index (κ1) is 26.4. The molecule has 3 aromatic rings. The Bertz CT molecular complexity index is 1330. The molecule has 2 aromatic heterocycles. The topological polar surface area (TPSA) is 95.8 Å². The van der Waals surface area contributed by atoms with Gasteiger partial charge in [-0.15, -0.1) is 0 Å². The molecule has 1 saturated heterocycles. The number of piperidine rings is 1. The molecule has 3 amide bonds. The number of alkyl halides is 3. The average molecular weight is 540 g/mol. The second kappa shape index (κ2) is 10.4. The number of amides is 3. The SMILES string of the molecule is C[C@@H](NC(=O)C(F)(F)F)C(=O)N[C@@H]1CN(C(=O)c2cccn3cncc23)CC[C@H]1c1cc(F)cc(Cl)c1. The minimum atomic E-state index is -5.15. The normalized spacial score (nSPS) is 18.9. The molecule has 0 saturated carbocycles. The summed E-state index contributed by atoms with van der Waals surface area (Å²) in [4.78, 5) is 43.0. The molecule has 8 nitrogen and oxygen atoms in total. The summed E-state index contributed by atoms with van der Waals surface area (Å²) in [7, 11) is 0. The zero-order chi connectivity index (χ0) is 26.9. The van der Waals surface area contributed by atoms with E-state index in [1.54, 1.807) is 40.6 Å². The molecule has 1 aliphatic rings. The highest BCUT2D eigenvalue weighted by molar-refractivity contribution is 6.30. The summed E-state index contributed by atoms with van der Waals surface area (Å²) in [6.45, 7) is 1.36. The van der Waals surface area contributed by atoms with Gasteiger partial charge in [-0.1, -0.05) is 11.6 Å². The third-order valence-electron chi connectivity index (χ3n) is 6.22. The fourth-order valence-corrected chi connectivity index (χ4v) is 4.65. The van der Waals surface area contributed by atoms with Gasteiger partial charge >= 0.3 is 12.1 Å². The summed E-state index contributed by atoms with van der Waals surface area (Å²) in [5.41, 5.74) is 1.42. The van der Waals surface area contributed by atoms with Crippen LogP contribution in [0.15, 0.2) is 49.1 Å². The van der Waals surface area contributed by atoms with Gasteiger partial charge in [0, 0.05) is 30.2 Å². The Balaban J connectivity index is 1.59. The molecule has 3 atom stereocenters. The van der Waals surface area contributed by atoms with Gasteiger partial charge in [-0.05, 0) is 49.2 Å². The lowest BCUT2D eigenvalue weighted by Crippen LogP contribution is -2.57. The van der Waals surface area contributed by atoms with Crippen LogP contribution in [0, 0.1) is 5.82 Å². The van der Waals surface area contributed by atoms with Crippen molar-refractivity contribution in [3.05, 3.63) is 71.0 Å². The lowest BCUT2D eigenvalue weighted by molar-refractivity contribution is -0.174. The summed E-state index contributed by atoms with van der Waals surface area (Å²) in [5, 5.41) is 4.38. The molecule has 1 aliphatic heterocycles. The van der Waals surface area contributed by atoms with Crippen molar-refractivity contribution in [2.75, 3.05) is 13.1 Å². The van der Waals surface area contributed by atoms with Crippen LogP contribution in [0.5, 0.6) is 0 Å². The maximum atomic E-state index is 14.1. The van der Waals surface area contributed by atoms with Crippen molar-refractivity contribution in [2.24, 2.45) is 0 Å². The molecule has 3 heterocycles. The average Bonchev–Trinajstić information content (AvgIpc) is 3.31. The zero-order valence-electron chi connectivity index (χ0n) is 19.4. The number of likely N-dealkylation sites (tertiary alicyclic amines) is 1. The van der Waals surface area contributed by atoms with E-state index in [1.807, 2.05) is 0 Å². The fourth-order valence-electron chi connectivity index (χ4n) is 4.42. The van der Waals surface area contributed by atoms with Crippen LogP contribution in [-0.4, -0.2) is 63.4 Å².